The van der Waals surface area contributed by atoms with Gasteiger partial charge in [0.1, 0.15) is 159 Å². The molecular formula is C53H88N4O38. The van der Waals surface area contributed by atoms with Crippen molar-refractivity contribution in [3.05, 3.63) is 0 Å². The van der Waals surface area contributed by atoms with E-state index in [1.54, 1.807) is 0 Å². The Morgan fingerprint density at radius 2 is 0.916 bits per heavy atom. The lowest BCUT2D eigenvalue weighted by atomic mass is 9.88. The van der Waals surface area contributed by atoms with E-state index in [0.717, 1.165) is 27.7 Å². The first-order valence-corrected chi connectivity index (χ1v) is 30.1. The van der Waals surface area contributed by atoms with Gasteiger partial charge in [0.15, 0.2) is 37.7 Å². The lowest BCUT2D eigenvalue weighted by Crippen LogP contribution is -2.71. The summed E-state index contributed by atoms with van der Waals surface area (Å²) in [4.78, 5) is 63.2. The third-order valence-corrected chi connectivity index (χ3v) is 17.1. The van der Waals surface area contributed by atoms with Crippen molar-refractivity contribution in [2.45, 2.75) is 261 Å². The van der Waals surface area contributed by atoms with Crippen LogP contribution in [-0.4, -0.2) is 392 Å². The molecule has 0 aromatic carbocycles. The van der Waals surface area contributed by atoms with Crippen molar-refractivity contribution in [3.63, 3.8) is 0 Å². The summed E-state index contributed by atoms with van der Waals surface area (Å²) in [5.41, 5.74) is 0. The summed E-state index contributed by atoms with van der Waals surface area (Å²) >= 11 is 0. The highest BCUT2D eigenvalue weighted by molar-refractivity contribution is 5.77. The molecule has 0 radical (unpaired) electrons. The van der Waals surface area contributed by atoms with Gasteiger partial charge in [-0.15, -0.1) is 0 Å². The van der Waals surface area contributed by atoms with Crippen LogP contribution in [0.25, 0.3) is 0 Å². The predicted molar refractivity (Wildman–Crippen MR) is 294 cm³/mol. The van der Waals surface area contributed by atoms with Crippen molar-refractivity contribution in [1.29, 1.82) is 0 Å². The van der Waals surface area contributed by atoms with Crippen LogP contribution >= 0.6 is 0 Å². The first kappa shape index (κ1) is 78.4. The van der Waals surface area contributed by atoms with Crippen molar-refractivity contribution in [2.24, 2.45) is 0 Å². The van der Waals surface area contributed by atoms with Gasteiger partial charge in [0, 0.05) is 34.1 Å². The molecule has 24 N–H and O–H groups in total. The maximum absolute atomic E-state index is 13.1. The Kier molecular flexibility index (Phi) is 27.6. The Hall–Kier alpha value is -3.93. The second-order valence-corrected chi connectivity index (χ2v) is 24.0. The predicted octanol–water partition coefficient (Wildman–Crippen LogP) is -15.5. The first-order valence-electron chi connectivity index (χ1n) is 30.1. The summed E-state index contributed by atoms with van der Waals surface area (Å²) in [7, 11) is 0. The second kappa shape index (κ2) is 33.5. The zero-order valence-electron chi connectivity index (χ0n) is 51.4. The molecule has 7 rings (SSSR count). The molecule has 0 aromatic rings. The van der Waals surface area contributed by atoms with Crippen LogP contribution in [0.3, 0.4) is 0 Å². The highest BCUT2D eigenvalue weighted by atomic mass is 16.8. The van der Waals surface area contributed by atoms with Crippen molar-refractivity contribution in [1.82, 2.24) is 21.3 Å². The zero-order chi connectivity index (χ0) is 70.6. The van der Waals surface area contributed by atoms with Gasteiger partial charge in [-0.3, -0.25) is 19.2 Å². The van der Waals surface area contributed by atoms with E-state index in [9.17, 15) is 126 Å². The van der Waals surface area contributed by atoms with Crippen LogP contribution in [0.1, 0.15) is 41.0 Å². The number of ether oxygens (including phenoxy) is 13. The van der Waals surface area contributed by atoms with Crippen LogP contribution in [0.15, 0.2) is 0 Å². The van der Waals surface area contributed by atoms with Crippen LogP contribution in [0.4, 0.5) is 0 Å². The van der Waals surface area contributed by atoms with Crippen LogP contribution in [-0.2, 0) is 85.6 Å². The number of carbonyl (C=O) groups excluding carboxylic acids is 4. The average molecular weight is 1390 g/mol. The highest BCUT2D eigenvalue weighted by Gasteiger charge is 2.62. The normalized spacial score (nSPS) is 46.4. The number of aliphatic hydroxyl groups is 19. The van der Waals surface area contributed by atoms with Crippen LogP contribution < -0.4 is 21.3 Å². The zero-order valence-corrected chi connectivity index (χ0v) is 51.4. The molecule has 4 amide bonds. The quantitative estimate of drug-likeness (QED) is 0.0404. The van der Waals surface area contributed by atoms with E-state index < -0.39 is 296 Å². The molecule has 7 saturated heterocycles. The smallest absolute Gasteiger partial charge is 0.364 e. The lowest BCUT2D eigenvalue weighted by molar-refractivity contribution is -0.399. The Morgan fingerprint density at radius 1 is 0.453 bits per heavy atom. The molecule has 7 heterocycles. The lowest BCUT2D eigenvalue weighted by Gasteiger charge is -2.51. The van der Waals surface area contributed by atoms with Crippen molar-refractivity contribution in [2.75, 3.05) is 39.6 Å². The van der Waals surface area contributed by atoms with E-state index in [1.165, 1.54) is 6.92 Å². The summed E-state index contributed by atoms with van der Waals surface area (Å²) in [6.07, 6.45) is -64.0. The largest absolute Gasteiger partial charge is 0.477 e. The minimum atomic E-state index is -3.24. The summed E-state index contributed by atoms with van der Waals surface area (Å²) < 4.78 is 76.4. The summed E-state index contributed by atoms with van der Waals surface area (Å²) in [6.45, 7) is -1.31. The van der Waals surface area contributed by atoms with Crippen LogP contribution in [0.5, 0.6) is 0 Å². The van der Waals surface area contributed by atoms with Gasteiger partial charge >= 0.3 is 5.97 Å². The van der Waals surface area contributed by atoms with Gasteiger partial charge in [-0.1, -0.05) is 0 Å². The molecule has 95 heavy (non-hydrogen) atoms. The standard InChI is InChI=1S/C53H88N4O38/c1-13-29(69)37(77)38(78)49(84-13)93-45-44(92-48-26(55-15(3)64)35(75)31(71)20(8-59)86-48)33(73)22(10-61)88-51(45)90-40-23(11-62)89-47(27(36(40)76)56-16(4)65)83-12-24-34(74)41(28(46(80)85-24)57-17(5)66)91-50-39(79)43(32(72)21(9-60)87-50)95-53(52(81)82)6-18(67)25(54-14(2)63)42(94-53)30(70)19(68)7-58/h13,18-51,58-62,67-80H,6-12H2,1-5H3,(H,54,63)(H,55,64)(H,56,65)(H,57,66)(H,81,82)/t13-,18-,19+,20+,21+,22+,23+,24+,25+,26+,27+,28+,29+,30+,31-,32-,33-,34-,35+,36+,37+,38-,39+,40+,41+,42+,43-,44-,45+,46+,47+,48+,49-,50-,51-,53-/m0/s1. The van der Waals surface area contributed by atoms with E-state index in [4.69, 9.17) is 61.6 Å². The Morgan fingerprint density at radius 3 is 1.47 bits per heavy atom. The van der Waals surface area contributed by atoms with Gasteiger partial charge < -0.3 is 185 Å². The van der Waals surface area contributed by atoms with E-state index in [2.05, 4.69) is 21.3 Å². The number of amides is 4. The minimum Gasteiger partial charge on any atom is -0.477 e. The van der Waals surface area contributed by atoms with Crippen molar-refractivity contribution >= 4 is 29.6 Å². The summed E-state index contributed by atoms with van der Waals surface area (Å²) in [6, 6.07) is -7.10. The number of aliphatic hydroxyl groups excluding tert-OH is 19. The fourth-order valence-corrected chi connectivity index (χ4v) is 12.1. The SMILES string of the molecule is CC(=O)N[C@@H]1[C@@H](O[C@@H]2O[C@H](CO)[C@H](O)[C@H](O[C@]3(C(=O)O)C[C@H](O)[C@@H](NC(C)=O)[C@H]([C@H](O)[C@H](O)CO)O3)[C@H]2O)[C@@H](O)[C@@H](CO[C@@H]2O[C@H](CO)[C@@H](O[C@@H]3O[C@H](CO)[C@H](O)[C@H](O[C@H]4O[C@H](CO)[C@H](O)[C@H](O)[C@H]4NC(C)=O)[C@H]3O[C@@H]3O[C@@H](C)[C@@H](O)[C@@H](O)[C@@H]3O)[C@H](O)[C@H]2NC(C)=O)O[C@H]1O. The fourth-order valence-electron chi connectivity index (χ4n) is 12.1. The number of nitrogens with one attached hydrogen (secondary N) is 4. The van der Waals surface area contributed by atoms with Crippen molar-refractivity contribution in [3.8, 4) is 0 Å². The Labute approximate surface area is 538 Å². The highest BCUT2D eigenvalue weighted by Crippen LogP contribution is 2.41. The maximum Gasteiger partial charge on any atom is 0.364 e. The number of hydrogen-bond acceptors (Lipinski definition) is 37. The van der Waals surface area contributed by atoms with Gasteiger partial charge in [-0.2, -0.15) is 0 Å². The summed E-state index contributed by atoms with van der Waals surface area (Å²) in [5, 5.41) is 229. The summed E-state index contributed by atoms with van der Waals surface area (Å²) in [5.74, 6) is -8.82. The van der Waals surface area contributed by atoms with Gasteiger partial charge in [0.05, 0.1) is 57.9 Å². The number of aliphatic carboxylic acids is 1. The molecule has 548 valence electrons. The molecule has 42 nitrogen and oxygen atoms in total. The molecule has 0 bridgehead atoms. The first-order chi connectivity index (χ1) is 44.7. The van der Waals surface area contributed by atoms with E-state index in [0.29, 0.717) is 0 Å². The van der Waals surface area contributed by atoms with Gasteiger partial charge in [0.2, 0.25) is 23.6 Å². The van der Waals surface area contributed by atoms with Gasteiger partial charge in [-0.05, 0) is 6.92 Å². The molecule has 36 atom stereocenters. The molecule has 0 spiro atoms. The maximum atomic E-state index is 13.1. The Bertz CT molecular complexity index is 2520. The molecule has 0 unspecified atom stereocenters. The van der Waals surface area contributed by atoms with E-state index in [1.807, 2.05) is 0 Å². The van der Waals surface area contributed by atoms with E-state index >= 15 is 0 Å². The molecule has 0 saturated carbocycles. The molecular weight excluding hydrogens is 1300 g/mol. The number of carbonyl (C=O) groups is 5. The number of hydrogen-bond donors (Lipinski definition) is 24. The van der Waals surface area contributed by atoms with Crippen LogP contribution in [0.2, 0.25) is 0 Å². The molecule has 7 fully saturated rings. The third kappa shape index (κ3) is 17.5. The second-order valence-electron chi connectivity index (χ2n) is 24.0. The Balaban J connectivity index is 1.15. The molecule has 0 aliphatic carbocycles. The monoisotopic (exact) mass is 1390 g/mol. The molecule has 0 aromatic heterocycles. The average Bonchev–Trinajstić information content (AvgIpc) is 0.762. The van der Waals surface area contributed by atoms with E-state index in [-0.39, 0.29) is 0 Å². The van der Waals surface area contributed by atoms with Gasteiger partial charge in [-0.25, -0.2) is 4.79 Å². The number of carboxylic acid groups (broad SMARTS) is 1. The molecule has 7 aliphatic heterocycles. The van der Waals surface area contributed by atoms with Gasteiger partial charge in [0.25, 0.3) is 5.79 Å². The number of carboxylic acids is 1. The molecule has 7 aliphatic rings. The molecule has 42 heteroatoms. The topological polar surface area (TPSA) is 658 Å². The fraction of sp³-hybridized carbons (Fsp3) is 0.906. The third-order valence-electron chi connectivity index (χ3n) is 17.1. The van der Waals surface area contributed by atoms with Crippen molar-refractivity contribution < 1.29 is 188 Å². The number of rotatable bonds is 25. The minimum absolute atomic E-state index is 0.817. The van der Waals surface area contributed by atoms with Crippen LogP contribution in [0, 0.1) is 0 Å².